The molecule has 1 amide bonds. The Balaban J connectivity index is 1.13. The number of likely N-dealkylation sites (tertiary alicyclic amines) is 1. The van der Waals surface area contributed by atoms with Crippen LogP contribution in [0.2, 0.25) is 0 Å². The molecular formula is C31H32F2N6O2. The first-order valence-corrected chi connectivity index (χ1v) is 13.9. The standard InChI is InChI=1S/C31H32F2N6O2/c32-22-10-19(11-23(33)15-22)9-18-3-6-28-26(12-18)30(38-37-28)36-31(41)25-5-4-20(14-27(25)34)29(40)21-13-24(35-16-21)17-39-7-1-2-8-39/h3-6,10-12,14-15,21,24,35H,1-2,7-9,13,16-17,34H2,(H2,36,37,38,41)/t21?,24-/m1/s1. The van der Waals surface area contributed by atoms with Gasteiger partial charge in [0.05, 0.1) is 11.1 Å². The molecule has 2 saturated heterocycles. The van der Waals surface area contributed by atoms with E-state index in [-0.39, 0.29) is 23.0 Å². The van der Waals surface area contributed by atoms with E-state index in [0.717, 1.165) is 37.7 Å². The smallest absolute Gasteiger partial charge is 0.258 e. The van der Waals surface area contributed by atoms with E-state index >= 15 is 0 Å². The Labute approximate surface area is 236 Å². The van der Waals surface area contributed by atoms with Crippen molar-refractivity contribution in [3.05, 3.63) is 88.5 Å². The van der Waals surface area contributed by atoms with E-state index in [1.54, 1.807) is 24.3 Å². The van der Waals surface area contributed by atoms with Crippen molar-refractivity contribution in [2.75, 3.05) is 37.2 Å². The van der Waals surface area contributed by atoms with E-state index in [4.69, 9.17) is 5.73 Å². The van der Waals surface area contributed by atoms with Gasteiger partial charge in [0, 0.05) is 47.8 Å². The lowest BCUT2D eigenvalue weighted by molar-refractivity contribution is 0.0926. The number of ketones is 1. The molecule has 8 nitrogen and oxygen atoms in total. The third-order valence-corrected chi connectivity index (χ3v) is 8.04. The molecule has 1 unspecified atom stereocenters. The number of amides is 1. The highest BCUT2D eigenvalue weighted by molar-refractivity contribution is 6.11. The normalized spacial score (nSPS) is 19.2. The number of hydrogen-bond acceptors (Lipinski definition) is 6. The van der Waals surface area contributed by atoms with Crippen LogP contribution < -0.4 is 16.4 Å². The summed E-state index contributed by atoms with van der Waals surface area (Å²) in [4.78, 5) is 28.8. The van der Waals surface area contributed by atoms with Crippen LogP contribution in [-0.2, 0) is 6.42 Å². The molecule has 6 rings (SSSR count). The van der Waals surface area contributed by atoms with Crippen LogP contribution >= 0.6 is 0 Å². The molecule has 3 heterocycles. The number of carbonyl (C=O) groups is 2. The Morgan fingerprint density at radius 3 is 2.54 bits per heavy atom. The molecule has 4 aromatic rings. The van der Waals surface area contributed by atoms with Gasteiger partial charge in [-0.05, 0) is 86.3 Å². The summed E-state index contributed by atoms with van der Waals surface area (Å²) in [5, 5.41) is 14.0. The SMILES string of the molecule is Nc1cc(C(=O)C2CN[C@@H](CN3CCCC3)C2)ccc1C(=O)Nc1n[nH]c2ccc(Cc3cc(F)cc(F)c3)cc12. The summed E-state index contributed by atoms with van der Waals surface area (Å²) >= 11 is 0. The first-order chi connectivity index (χ1) is 19.8. The van der Waals surface area contributed by atoms with Gasteiger partial charge in [0.2, 0.25) is 0 Å². The second kappa shape index (κ2) is 11.4. The average molecular weight is 559 g/mol. The van der Waals surface area contributed by atoms with E-state index in [9.17, 15) is 18.4 Å². The van der Waals surface area contributed by atoms with E-state index in [2.05, 4.69) is 25.7 Å². The van der Waals surface area contributed by atoms with Gasteiger partial charge < -0.3 is 21.3 Å². The van der Waals surface area contributed by atoms with Gasteiger partial charge in [0.15, 0.2) is 11.6 Å². The number of H-pyrrole nitrogens is 1. The van der Waals surface area contributed by atoms with Crippen molar-refractivity contribution in [1.82, 2.24) is 20.4 Å². The Kier molecular flexibility index (Phi) is 7.51. The molecule has 212 valence electrons. The monoisotopic (exact) mass is 558 g/mol. The number of benzene rings is 3. The van der Waals surface area contributed by atoms with Crippen LogP contribution in [0.5, 0.6) is 0 Å². The molecule has 0 bridgehead atoms. The molecule has 3 aromatic carbocycles. The number of anilines is 2. The van der Waals surface area contributed by atoms with Crippen molar-refractivity contribution >= 4 is 34.1 Å². The van der Waals surface area contributed by atoms with Gasteiger partial charge in [-0.15, -0.1) is 0 Å². The highest BCUT2D eigenvalue weighted by atomic mass is 19.1. The number of nitrogens with two attached hydrogens (primary N) is 1. The Bertz CT molecular complexity index is 1590. The van der Waals surface area contributed by atoms with Crippen LogP contribution in [-0.4, -0.2) is 59.0 Å². The van der Waals surface area contributed by atoms with Gasteiger partial charge in [-0.25, -0.2) is 8.78 Å². The number of nitrogen functional groups attached to an aromatic ring is 1. The Morgan fingerprint density at radius 1 is 1.00 bits per heavy atom. The van der Waals surface area contributed by atoms with Gasteiger partial charge in [-0.2, -0.15) is 5.10 Å². The Hall–Kier alpha value is -4.15. The van der Waals surface area contributed by atoms with Crippen LogP contribution in [0.3, 0.4) is 0 Å². The maximum absolute atomic E-state index is 13.6. The summed E-state index contributed by atoms with van der Waals surface area (Å²) in [6.07, 6.45) is 3.58. The lowest BCUT2D eigenvalue weighted by Crippen LogP contribution is -2.35. The Morgan fingerprint density at radius 2 is 1.78 bits per heavy atom. The molecule has 41 heavy (non-hydrogen) atoms. The van der Waals surface area contributed by atoms with Gasteiger partial charge >= 0.3 is 0 Å². The van der Waals surface area contributed by atoms with Crippen molar-refractivity contribution in [2.24, 2.45) is 5.92 Å². The van der Waals surface area contributed by atoms with Gasteiger partial charge in [-0.1, -0.05) is 12.1 Å². The van der Waals surface area contributed by atoms with Crippen LogP contribution in [0.1, 0.15) is 51.1 Å². The van der Waals surface area contributed by atoms with Crippen LogP contribution in [0.15, 0.2) is 54.6 Å². The number of hydrogen-bond donors (Lipinski definition) is 4. The van der Waals surface area contributed by atoms with Gasteiger partial charge in [0.25, 0.3) is 5.91 Å². The van der Waals surface area contributed by atoms with E-state index < -0.39 is 17.5 Å². The maximum atomic E-state index is 13.6. The maximum Gasteiger partial charge on any atom is 0.258 e. The van der Waals surface area contributed by atoms with Crippen molar-refractivity contribution in [3.8, 4) is 0 Å². The van der Waals surface area contributed by atoms with Crippen molar-refractivity contribution in [1.29, 1.82) is 0 Å². The first-order valence-electron chi connectivity index (χ1n) is 13.9. The summed E-state index contributed by atoms with van der Waals surface area (Å²) in [7, 11) is 0. The predicted octanol–water partition coefficient (Wildman–Crippen LogP) is 4.52. The zero-order valence-corrected chi connectivity index (χ0v) is 22.6. The highest BCUT2D eigenvalue weighted by Gasteiger charge is 2.32. The highest BCUT2D eigenvalue weighted by Crippen LogP contribution is 2.27. The number of nitrogens with one attached hydrogen (secondary N) is 3. The van der Waals surface area contributed by atoms with E-state index in [1.807, 2.05) is 12.1 Å². The number of aromatic nitrogens is 2. The lowest BCUT2D eigenvalue weighted by atomic mass is 9.93. The minimum Gasteiger partial charge on any atom is -0.398 e. The molecule has 2 fully saturated rings. The molecule has 5 N–H and O–H groups in total. The van der Waals surface area contributed by atoms with Gasteiger partial charge in [0.1, 0.15) is 11.6 Å². The van der Waals surface area contributed by atoms with E-state index in [1.165, 1.54) is 25.0 Å². The molecular weight excluding hydrogens is 526 g/mol. The quantitative estimate of drug-likeness (QED) is 0.187. The largest absolute Gasteiger partial charge is 0.398 e. The second-order valence-corrected chi connectivity index (χ2v) is 11.1. The van der Waals surface area contributed by atoms with Gasteiger partial charge in [-0.3, -0.25) is 14.7 Å². The fourth-order valence-corrected chi connectivity index (χ4v) is 5.98. The lowest BCUT2D eigenvalue weighted by Gasteiger charge is -2.19. The molecule has 2 atom stereocenters. The fraction of sp³-hybridized carbons (Fsp3) is 0.323. The molecule has 0 aliphatic carbocycles. The summed E-state index contributed by atoms with van der Waals surface area (Å²) < 4.78 is 27.3. The van der Waals surface area contributed by atoms with Crippen LogP contribution in [0.4, 0.5) is 20.3 Å². The molecule has 0 saturated carbocycles. The number of carbonyl (C=O) groups excluding carboxylic acids is 2. The number of nitrogens with zero attached hydrogens (tertiary/aromatic N) is 2. The average Bonchev–Trinajstić information content (AvgIpc) is 3.70. The third-order valence-electron chi connectivity index (χ3n) is 8.04. The number of Topliss-reactive ketones (excluding diaryl/α,β-unsaturated/α-hetero) is 1. The molecule has 2 aliphatic heterocycles. The van der Waals surface area contributed by atoms with Crippen molar-refractivity contribution in [3.63, 3.8) is 0 Å². The van der Waals surface area contributed by atoms with Crippen LogP contribution in [0, 0.1) is 17.6 Å². The zero-order valence-electron chi connectivity index (χ0n) is 22.6. The molecule has 10 heteroatoms. The predicted molar refractivity (Wildman–Crippen MR) is 154 cm³/mol. The molecule has 0 spiro atoms. The minimum atomic E-state index is -0.635. The number of fused-ring (bicyclic) bond motifs is 1. The zero-order chi connectivity index (χ0) is 28.5. The van der Waals surface area contributed by atoms with Crippen LogP contribution in [0.25, 0.3) is 10.9 Å². The first kappa shape index (κ1) is 27.0. The summed E-state index contributed by atoms with van der Waals surface area (Å²) in [5.41, 5.74) is 9.17. The van der Waals surface area contributed by atoms with Crippen molar-refractivity contribution in [2.45, 2.75) is 31.7 Å². The molecule has 1 aromatic heterocycles. The number of rotatable bonds is 8. The fourth-order valence-electron chi connectivity index (χ4n) is 5.98. The van der Waals surface area contributed by atoms with E-state index in [0.29, 0.717) is 46.9 Å². The number of aromatic amines is 1. The summed E-state index contributed by atoms with van der Waals surface area (Å²) in [5.74, 6) is -1.51. The third kappa shape index (κ3) is 5.98. The van der Waals surface area contributed by atoms with Crippen molar-refractivity contribution < 1.29 is 18.4 Å². The minimum absolute atomic E-state index is 0.0316. The second-order valence-electron chi connectivity index (χ2n) is 11.1. The topological polar surface area (TPSA) is 116 Å². The summed E-state index contributed by atoms with van der Waals surface area (Å²) in [6, 6.07) is 14.0. The molecule has 2 aliphatic rings. The summed E-state index contributed by atoms with van der Waals surface area (Å²) in [6.45, 7) is 3.87. The molecule has 0 radical (unpaired) electrons. The number of halogens is 2.